The van der Waals surface area contributed by atoms with E-state index in [4.69, 9.17) is 9.92 Å². The number of nitrogens with one attached hydrogen (secondary N) is 1. The third-order valence-electron chi connectivity index (χ3n) is 4.03. The van der Waals surface area contributed by atoms with Gasteiger partial charge in [-0.15, -0.1) is 12.1 Å². The number of nitrogens with zero attached hydrogens (tertiary/aromatic N) is 2. The molecule has 0 fully saturated rings. The van der Waals surface area contributed by atoms with Gasteiger partial charge < -0.3 is 27.5 Å². The molecule has 0 bridgehead atoms. The van der Waals surface area contributed by atoms with E-state index in [0.29, 0.717) is 0 Å². The van der Waals surface area contributed by atoms with Crippen molar-refractivity contribution in [2.75, 3.05) is 0 Å². The van der Waals surface area contributed by atoms with E-state index < -0.39 is 28.3 Å². The number of hydrogen-bond acceptors (Lipinski definition) is 4. The molecule has 0 amide bonds. The van der Waals surface area contributed by atoms with Crippen LogP contribution >= 0.6 is 0 Å². The normalized spacial score (nSPS) is 12.7. The Morgan fingerprint density at radius 1 is 0.903 bits per heavy atom. The maximum Gasteiger partial charge on any atom is 3.00 e. The van der Waals surface area contributed by atoms with Gasteiger partial charge in [-0.25, -0.2) is 4.21 Å². The fourth-order valence-corrected chi connectivity index (χ4v) is 3.37. The van der Waals surface area contributed by atoms with E-state index in [9.17, 15) is 14.3 Å². The van der Waals surface area contributed by atoms with Gasteiger partial charge in [0.05, 0.1) is 4.92 Å². The van der Waals surface area contributed by atoms with E-state index in [1.165, 1.54) is 24.3 Å². The molecule has 0 aliphatic heterocycles. The first kappa shape index (κ1) is 28.5. The number of rotatable bonds is 8. The Hall–Kier alpha value is -2.46. The van der Waals surface area contributed by atoms with Crippen LogP contribution in [-0.2, 0) is 31.4 Å². The zero-order valence-corrected chi connectivity index (χ0v) is 19.7. The van der Waals surface area contributed by atoms with Crippen LogP contribution in [0.15, 0.2) is 84.9 Å². The Balaban J connectivity index is 0.00000300. The summed E-state index contributed by atoms with van der Waals surface area (Å²) in [4.78, 5) is 10.2. The van der Waals surface area contributed by atoms with E-state index in [1.807, 2.05) is 60.7 Å². The van der Waals surface area contributed by atoms with Crippen molar-refractivity contribution in [2.24, 2.45) is 0 Å². The minimum Gasteiger partial charge on any atom is -0.672 e. The predicted molar refractivity (Wildman–Crippen MR) is 118 cm³/mol. The van der Waals surface area contributed by atoms with Gasteiger partial charge >= 0.3 is 20.1 Å². The minimum absolute atomic E-state index is 0. The molecule has 0 spiro atoms. The zero-order valence-electron chi connectivity index (χ0n) is 16.5. The maximum absolute atomic E-state index is 12.5. The molecular weight excluding hydrogens is 599 g/mol. The molecule has 3 atom stereocenters. The Morgan fingerprint density at radius 2 is 1.39 bits per heavy atom. The van der Waals surface area contributed by atoms with Crippen molar-refractivity contribution in [3.8, 4) is 5.75 Å². The van der Waals surface area contributed by atoms with Gasteiger partial charge in [0.1, 0.15) is 17.0 Å². The number of hydrogen-bond donors (Lipinski definition) is 0. The van der Waals surface area contributed by atoms with E-state index in [-0.39, 0.29) is 44.4 Å². The fourth-order valence-electron chi connectivity index (χ4n) is 2.63. The first-order chi connectivity index (χ1) is 13.5. The molecule has 3 aromatic carbocycles. The molecule has 10 heteroatoms. The second kappa shape index (κ2) is 13.8. The summed E-state index contributed by atoms with van der Waals surface area (Å²) in [7, 11) is 0. The summed E-state index contributed by atoms with van der Waals surface area (Å²) in [6.07, 6.45) is 0. The van der Waals surface area contributed by atoms with Gasteiger partial charge in [-0.05, 0) is 12.1 Å². The van der Waals surface area contributed by atoms with Crippen LogP contribution in [0.4, 0.5) is 5.69 Å². The summed E-state index contributed by atoms with van der Waals surface area (Å²) in [6, 6.07) is 22.1. The largest absolute Gasteiger partial charge is 3.00 e. The Bertz CT molecular complexity index is 946. The van der Waals surface area contributed by atoms with E-state index >= 15 is 0 Å². The summed E-state index contributed by atoms with van der Waals surface area (Å²) >= 11 is -2.08. The zero-order chi connectivity index (χ0) is 19.9. The maximum atomic E-state index is 12.5. The number of non-ortho nitro benzene ring substituents is 1. The molecule has 0 saturated heterocycles. The van der Waals surface area contributed by atoms with Crippen molar-refractivity contribution in [3.63, 3.8) is 0 Å². The molecule has 0 aliphatic carbocycles. The topological polar surface area (TPSA) is 139 Å². The van der Waals surface area contributed by atoms with Crippen molar-refractivity contribution in [3.05, 3.63) is 124 Å². The molecule has 3 aromatic rings. The molecule has 166 valence electrons. The van der Waals surface area contributed by atoms with Gasteiger partial charge in [0, 0.05) is 12.1 Å². The quantitative estimate of drug-likeness (QED) is 0.197. The monoisotopic (exact) mass is 621 g/mol. The number of nitro groups is 1. The Morgan fingerprint density at radius 3 is 1.87 bits per heavy atom. The van der Waals surface area contributed by atoms with Gasteiger partial charge in [0.25, 0.3) is 5.69 Å². The van der Waals surface area contributed by atoms with Crippen LogP contribution in [0.2, 0.25) is 0 Å². The summed E-state index contributed by atoms with van der Waals surface area (Å²) in [6.45, 7) is 0. The van der Waals surface area contributed by atoms with Crippen molar-refractivity contribution < 1.29 is 38.9 Å². The van der Waals surface area contributed by atoms with Gasteiger partial charge in [-0.1, -0.05) is 71.8 Å². The first-order valence-corrected chi connectivity index (χ1v) is 9.44. The second-order valence-corrected chi connectivity index (χ2v) is 6.71. The van der Waals surface area contributed by atoms with Crippen molar-refractivity contribution in [1.82, 2.24) is 0 Å². The number of benzene rings is 3. The first-order valence-electron chi connectivity index (χ1n) is 8.41. The molecule has 31 heavy (non-hydrogen) atoms. The van der Waals surface area contributed by atoms with Crippen molar-refractivity contribution in [2.45, 2.75) is 12.1 Å². The predicted octanol–water partition coefficient (Wildman–Crippen LogP) is 5.08. The van der Waals surface area contributed by atoms with Crippen LogP contribution < -0.4 is 4.18 Å². The summed E-state index contributed by atoms with van der Waals surface area (Å²) in [5.41, 5.74) is 9.99. The average molecular weight is 621 g/mol. The SMILES string of the molecule is O.[CH3-].[Ir+3].[NH-]C(c1ccccc1)[C@H]([N-]S(=O)Oc1ccc([N+](=O)[O-])cc1)c1ccccc1. The molecule has 8 nitrogen and oxygen atoms in total. The van der Waals surface area contributed by atoms with E-state index in [0.717, 1.165) is 11.1 Å². The summed E-state index contributed by atoms with van der Waals surface area (Å²) in [5, 5.41) is 10.7. The van der Waals surface area contributed by atoms with Gasteiger partial charge in [0.15, 0.2) is 0 Å². The standard InChI is InChI=1S/C20H17N3O4S.CH3.Ir.H2O/c21-19(15-7-3-1-4-8-15)20(16-9-5-2-6-10-16)22-28(26)27-18-13-11-17(12-14-18)23(24)25;;;/h1-14,19-21H;1H3;;1H2/q-2;-1;+3;/t19?,20-,28?;;;/m1.../s1. The fraction of sp³-hybridized carbons (Fsp3) is 0.0952. The van der Waals surface area contributed by atoms with E-state index in [2.05, 4.69) is 4.72 Å². The molecular formula is C21H22IrN3O5S. The Kier molecular flexibility index (Phi) is 12.7. The van der Waals surface area contributed by atoms with Crippen LogP contribution in [0, 0.1) is 17.5 Å². The summed E-state index contributed by atoms with van der Waals surface area (Å²) in [5.74, 6) is 0.195. The summed E-state index contributed by atoms with van der Waals surface area (Å²) < 4.78 is 21.9. The smallest absolute Gasteiger partial charge is 0.672 e. The molecule has 0 radical (unpaired) electrons. The number of nitro benzene ring substituents is 1. The van der Waals surface area contributed by atoms with Gasteiger partial charge in [0.2, 0.25) is 0 Å². The molecule has 2 unspecified atom stereocenters. The van der Waals surface area contributed by atoms with Crippen molar-refractivity contribution >= 4 is 17.0 Å². The van der Waals surface area contributed by atoms with Crippen LogP contribution in [-0.4, -0.2) is 14.6 Å². The molecule has 0 aromatic heterocycles. The van der Waals surface area contributed by atoms with Gasteiger partial charge in [-0.3, -0.25) is 10.1 Å². The van der Waals surface area contributed by atoms with E-state index in [1.54, 1.807) is 0 Å². The molecule has 0 heterocycles. The van der Waals surface area contributed by atoms with Crippen molar-refractivity contribution in [1.29, 1.82) is 0 Å². The second-order valence-electron chi connectivity index (χ2n) is 5.90. The minimum atomic E-state index is -2.08. The molecule has 0 saturated carbocycles. The van der Waals surface area contributed by atoms with Gasteiger partial charge in [-0.2, -0.15) is 0 Å². The molecule has 3 rings (SSSR count). The Labute approximate surface area is 197 Å². The average Bonchev–Trinajstić information content (AvgIpc) is 2.73. The molecule has 0 aliphatic rings. The van der Waals surface area contributed by atoms with Crippen LogP contribution in [0.1, 0.15) is 23.2 Å². The third kappa shape index (κ3) is 7.95. The third-order valence-corrected chi connectivity index (χ3v) is 4.76. The molecule has 3 N–H and O–H groups in total. The van der Waals surface area contributed by atoms with Crippen LogP contribution in [0.25, 0.3) is 10.5 Å². The van der Waals surface area contributed by atoms with Crippen LogP contribution in [0.5, 0.6) is 5.75 Å². The van der Waals surface area contributed by atoms with Crippen LogP contribution in [0.3, 0.4) is 0 Å².